The van der Waals surface area contributed by atoms with Gasteiger partial charge in [0.1, 0.15) is 4.92 Å². The first-order chi connectivity index (χ1) is 6.30. The Balaban J connectivity index is 0.000000246. The first-order valence-electron chi connectivity index (χ1n) is 3.46. The van der Waals surface area contributed by atoms with Crippen molar-refractivity contribution in [3.8, 4) is 0 Å². The molecule has 2 aromatic heterocycles. The average Bonchev–Trinajstić information content (AvgIpc) is 2.82. The van der Waals surface area contributed by atoms with Gasteiger partial charge in [-0.25, -0.2) is 0 Å². The van der Waals surface area contributed by atoms with Crippen molar-refractivity contribution < 1.29 is 14.8 Å². The van der Waals surface area contributed by atoms with Gasteiger partial charge in [0.15, 0.2) is 0 Å². The molecule has 0 fully saturated rings. The fraction of sp³-hybridized carbons (Fsp3) is 0. The Kier molecular flexibility index (Phi) is 6.01. The van der Waals surface area contributed by atoms with Crippen LogP contribution >= 0.6 is 11.3 Å². The molecule has 0 saturated carbocycles. The van der Waals surface area contributed by atoms with Crippen LogP contribution in [-0.2, 0) is 0 Å². The highest BCUT2D eigenvalue weighted by Crippen LogP contribution is 2.08. The molecule has 2 aromatic rings. The lowest BCUT2D eigenvalue weighted by atomic mass is 10.6. The summed E-state index contributed by atoms with van der Waals surface area (Å²) >= 11 is 1.71. The molecule has 0 aromatic carbocycles. The lowest BCUT2D eigenvalue weighted by molar-refractivity contribution is -0.402. The summed E-state index contributed by atoms with van der Waals surface area (Å²) in [7, 11) is 0. The SMILES string of the molecule is O.O=[N+]([O-])c1ccco1.c1ccsc1. The second-order valence-corrected chi connectivity index (χ2v) is 2.82. The molecule has 0 radical (unpaired) electrons. The van der Waals surface area contributed by atoms with E-state index in [9.17, 15) is 10.1 Å². The molecule has 0 spiro atoms. The van der Waals surface area contributed by atoms with Crippen molar-refractivity contribution in [1.82, 2.24) is 0 Å². The zero-order valence-corrected chi connectivity index (χ0v) is 7.94. The summed E-state index contributed by atoms with van der Waals surface area (Å²) in [5.74, 6) is -0.218. The van der Waals surface area contributed by atoms with Gasteiger partial charge >= 0.3 is 5.88 Å². The zero-order chi connectivity index (χ0) is 9.52. The summed E-state index contributed by atoms with van der Waals surface area (Å²) in [6, 6.07) is 6.80. The van der Waals surface area contributed by atoms with Crippen molar-refractivity contribution in [2.45, 2.75) is 0 Å². The van der Waals surface area contributed by atoms with E-state index >= 15 is 0 Å². The largest absolute Gasteiger partial charge is 0.432 e. The second-order valence-electron chi connectivity index (χ2n) is 2.00. The Hall–Kier alpha value is -1.66. The summed E-state index contributed by atoms with van der Waals surface area (Å²) in [5, 5.41) is 13.9. The van der Waals surface area contributed by atoms with E-state index in [1.54, 1.807) is 11.3 Å². The average molecular weight is 215 g/mol. The normalized spacial score (nSPS) is 8.00. The molecular formula is C8H9NO4S. The van der Waals surface area contributed by atoms with Gasteiger partial charge in [-0.1, -0.05) is 12.1 Å². The van der Waals surface area contributed by atoms with Gasteiger partial charge in [-0.05, 0) is 16.8 Å². The standard InChI is InChI=1S/C4H3NO3.C4H4S.H2O/c6-5(7)4-2-1-3-8-4;1-2-4-5-3-1;/h1-3H;1-4H;1H2. The Bertz CT molecular complexity index is 313. The van der Waals surface area contributed by atoms with E-state index in [1.165, 1.54) is 18.4 Å². The van der Waals surface area contributed by atoms with E-state index < -0.39 is 4.92 Å². The van der Waals surface area contributed by atoms with Crippen LogP contribution in [0.1, 0.15) is 0 Å². The summed E-state index contributed by atoms with van der Waals surface area (Å²) in [5.41, 5.74) is 0. The lowest BCUT2D eigenvalue weighted by Crippen LogP contribution is -1.81. The van der Waals surface area contributed by atoms with Crippen LogP contribution in [0.4, 0.5) is 5.88 Å². The fourth-order valence-electron chi connectivity index (χ4n) is 0.601. The van der Waals surface area contributed by atoms with E-state index in [0.29, 0.717) is 0 Å². The fourth-order valence-corrected chi connectivity index (χ4v) is 1.05. The molecule has 6 heteroatoms. The number of rotatable bonds is 1. The van der Waals surface area contributed by atoms with Crippen molar-refractivity contribution >= 4 is 17.2 Å². The number of nitro groups is 1. The van der Waals surface area contributed by atoms with Gasteiger partial charge in [-0.2, -0.15) is 11.3 Å². The number of hydrogen-bond donors (Lipinski definition) is 0. The maximum absolute atomic E-state index is 9.77. The molecule has 0 aliphatic carbocycles. The smallest absolute Gasteiger partial charge is 0.412 e. The van der Waals surface area contributed by atoms with E-state index in [4.69, 9.17) is 0 Å². The van der Waals surface area contributed by atoms with Crippen molar-refractivity contribution in [3.63, 3.8) is 0 Å². The van der Waals surface area contributed by atoms with Gasteiger partial charge in [0.25, 0.3) is 0 Å². The van der Waals surface area contributed by atoms with E-state index in [0.717, 1.165) is 0 Å². The topological polar surface area (TPSA) is 87.8 Å². The number of hydrogen-bond acceptors (Lipinski definition) is 4. The molecule has 2 heterocycles. The van der Waals surface area contributed by atoms with Gasteiger partial charge in [0.2, 0.25) is 0 Å². The third kappa shape index (κ3) is 4.39. The molecule has 76 valence electrons. The Morgan fingerprint density at radius 1 is 1.29 bits per heavy atom. The summed E-state index contributed by atoms with van der Waals surface area (Å²) in [6.07, 6.45) is 1.26. The minimum Gasteiger partial charge on any atom is -0.412 e. The van der Waals surface area contributed by atoms with Crippen molar-refractivity contribution in [3.05, 3.63) is 51.4 Å². The third-order valence-electron chi connectivity index (χ3n) is 1.11. The first-order valence-corrected chi connectivity index (χ1v) is 4.40. The Morgan fingerprint density at radius 2 is 1.93 bits per heavy atom. The van der Waals surface area contributed by atoms with Crippen LogP contribution in [0.5, 0.6) is 0 Å². The molecule has 2 N–H and O–H groups in total. The molecule has 0 bridgehead atoms. The van der Waals surface area contributed by atoms with Gasteiger partial charge in [0, 0.05) is 0 Å². The van der Waals surface area contributed by atoms with Crippen molar-refractivity contribution in [1.29, 1.82) is 0 Å². The van der Waals surface area contributed by atoms with Crippen LogP contribution in [0.25, 0.3) is 0 Å². The van der Waals surface area contributed by atoms with Crippen LogP contribution in [-0.4, -0.2) is 10.4 Å². The van der Waals surface area contributed by atoms with Crippen LogP contribution < -0.4 is 0 Å². The van der Waals surface area contributed by atoms with Crippen molar-refractivity contribution in [2.24, 2.45) is 0 Å². The molecule has 0 aliphatic heterocycles. The van der Waals surface area contributed by atoms with Crippen LogP contribution in [0.2, 0.25) is 0 Å². The summed E-state index contributed by atoms with van der Waals surface area (Å²) in [6.45, 7) is 0. The number of thiophene rings is 1. The summed E-state index contributed by atoms with van der Waals surface area (Å²) < 4.78 is 4.40. The minimum absolute atomic E-state index is 0. The predicted octanol–water partition coefficient (Wildman–Crippen LogP) is 2.11. The molecule has 14 heavy (non-hydrogen) atoms. The highest BCUT2D eigenvalue weighted by molar-refractivity contribution is 7.07. The number of nitrogens with zero attached hydrogens (tertiary/aromatic N) is 1. The van der Waals surface area contributed by atoms with Crippen LogP contribution in [0, 0.1) is 10.1 Å². The number of furan rings is 1. The monoisotopic (exact) mass is 215 g/mol. The molecule has 0 saturated heterocycles. The van der Waals surface area contributed by atoms with E-state index in [2.05, 4.69) is 4.42 Å². The maximum Gasteiger partial charge on any atom is 0.432 e. The summed E-state index contributed by atoms with van der Waals surface area (Å²) in [4.78, 5) is 9.19. The quantitative estimate of drug-likeness (QED) is 0.539. The van der Waals surface area contributed by atoms with Gasteiger partial charge in [0.05, 0.1) is 12.3 Å². The first kappa shape index (κ1) is 12.3. The van der Waals surface area contributed by atoms with E-state index in [1.807, 2.05) is 22.9 Å². The van der Waals surface area contributed by atoms with Gasteiger partial charge in [-0.15, -0.1) is 0 Å². The highest BCUT2D eigenvalue weighted by atomic mass is 32.1. The molecule has 0 unspecified atom stereocenters. The molecule has 2 rings (SSSR count). The predicted molar refractivity (Wildman–Crippen MR) is 53.3 cm³/mol. The molecule has 0 atom stereocenters. The maximum atomic E-state index is 9.77. The third-order valence-corrected chi connectivity index (χ3v) is 1.74. The highest BCUT2D eigenvalue weighted by Gasteiger charge is 2.04. The van der Waals surface area contributed by atoms with Crippen LogP contribution in [0.3, 0.4) is 0 Å². The van der Waals surface area contributed by atoms with Crippen LogP contribution in [0.15, 0.2) is 45.7 Å². The van der Waals surface area contributed by atoms with Gasteiger partial charge < -0.3 is 9.89 Å². The molecule has 0 aliphatic rings. The van der Waals surface area contributed by atoms with E-state index in [-0.39, 0.29) is 11.4 Å². The zero-order valence-electron chi connectivity index (χ0n) is 7.12. The van der Waals surface area contributed by atoms with Gasteiger partial charge in [-0.3, -0.25) is 10.1 Å². The molecule has 0 amide bonds. The molecule has 5 nitrogen and oxygen atoms in total. The van der Waals surface area contributed by atoms with Crippen molar-refractivity contribution in [2.75, 3.05) is 0 Å². The minimum atomic E-state index is -0.583. The molecular weight excluding hydrogens is 206 g/mol. The Labute approximate surface area is 84.1 Å². The second kappa shape index (κ2) is 6.81. The Morgan fingerprint density at radius 3 is 2.14 bits per heavy atom. The lowest BCUT2D eigenvalue weighted by Gasteiger charge is -1.76.